The Kier molecular flexibility index (Phi) is 6.98. The summed E-state index contributed by atoms with van der Waals surface area (Å²) in [4.78, 5) is 27.8. The van der Waals surface area contributed by atoms with Crippen LogP contribution in [-0.2, 0) is 0 Å². The van der Waals surface area contributed by atoms with E-state index in [0.717, 1.165) is 18.5 Å². The van der Waals surface area contributed by atoms with Gasteiger partial charge in [-0.3, -0.25) is 4.79 Å². The highest BCUT2D eigenvalue weighted by Crippen LogP contribution is 2.23. The number of rotatable bonds is 5. The van der Waals surface area contributed by atoms with Crippen molar-refractivity contribution in [1.82, 2.24) is 10.2 Å². The Labute approximate surface area is 170 Å². The molecule has 1 heterocycles. The number of carbonyl (C=O) groups is 2. The summed E-state index contributed by atoms with van der Waals surface area (Å²) in [6.45, 7) is 5.57. The van der Waals surface area contributed by atoms with Crippen LogP contribution in [0.2, 0.25) is 0 Å². The lowest BCUT2D eigenvalue weighted by Gasteiger charge is -2.32. The van der Waals surface area contributed by atoms with Gasteiger partial charge in [-0.25, -0.2) is 4.79 Å². The molecule has 0 radical (unpaired) electrons. The van der Waals surface area contributed by atoms with Crippen LogP contribution in [-0.4, -0.2) is 41.2 Å². The molecule has 2 aromatic rings. The number of urea groups is 1. The minimum atomic E-state index is -0.0887. The van der Waals surface area contributed by atoms with Crippen LogP contribution in [0.3, 0.4) is 0 Å². The molecule has 2 N–H and O–H groups in total. The van der Waals surface area contributed by atoms with Crippen LogP contribution in [0.1, 0.15) is 37.0 Å². The summed E-state index contributed by atoms with van der Waals surface area (Å²) in [5, 5.41) is 6.53. The summed E-state index contributed by atoms with van der Waals surface area (Å²) in [5.41, 5.74) is 1.47. The predicted octanol–water partition coefficient (Wildman–Crippen LogP) is 4.61. The van der Waals surface area contributed by atoms with Crippen molar-refractivity contribution in [3.05, 3.63) is 60.2 Å². The first-order chi connectivity index (χ1) is 13.5. The Balaban J connectivity index is 1.46. The molecule has 148 valence electrons. The average Bonchev–Trinajstić information content (AvgIpc) is 2.69. The van der Waals surface area contributed by atoms with E-state index < -0.39 is 0 Å². The van der Waals surface area contributed by atoms with Gasteiger partial charge in [-0.05, 0) is 49.2 Å². The number of anilines is 1. The first kappa shape index (κ1) is 20.3. The van der Waals surface area contributed by atoms with Crippen LogP contribution in [0.5, 0.6) is 0 Å². The summed E-state index contributed by atoms with van der Waals surface area (Å²) < 4.78 is 0. The standard InChI is InChI=1S/C22H27N3O2S/c1-16(2)28-20-10-8-17(9-11-20)21(26)23-19-12-14-25(15-13-19)22(27)24-18-6-4-3-5-7-18/h3-11,16,19H,12-15H2,1-2H3,(H,23,26)(H,24,27). The maximum Gasteiger partial charge on any atom is 0.321 e. The SMILES string of the molecule is CC(C)Sc1ccc(C(=O)NC2CCN(C(=O)Nc3ccccc3)CC2)cc1. The topological polar surface area (TPSA) is 61.4 Å². The van der Waals surface area contributed by atoms with Gasteiger partial charge in [0, 0.05) is 40.5 Å². The van der Waals surface area contributed by atoms with E-state index in [-0.39, 0.29) is 18.0 Å². The monoisotopic (exact) mass is 397 g/mol. The molecular formula is C22H27N3O2S. The Hall–Kier alpha value is -2.47. The van der Waals surface area contributed by atoms with Crippen molar-refractivity contribution in [2.75, 3.05) is 18.4 Å². The summed E-state index contributed by atoms with van der Waals surface area (Å²) in [7, 11) is 0. The van der Waals surface area contributed by atoms with Crippen molar-refractivity contribution in [2.24, 2.45) is 0 Å². The van der Waals surface area contributed by atoms with Crippen LogP contribution in [0.25, 0.3) is 0 Å². The highest BCUT2D eigenvalue weighted by Gasteiger charge is 2.24. The fourth-order valence-electron chi connectivity index (χ4n) is 3.18. The number of amides is 3. The predicted molar refractivity (Wildman–Crippen MR) is 115 cm³/mol. The van der Waals surface area contributed by atoms with Gasteiger partial charge >= 0.3 is 6.03 Å². The molecule has 0 atom stereocenters. The number of thioether (sulfide) groups is 1. The first-order valence-electron chi connectivity index (χ1n) is 9.70. The molecule has 2 aromatic carbocycles. The molecule has 1 saturated heterocycles. The molecule has 3 amide bonds. The number of nitrogens with zero attached hydrogens (tertiary/aromatic N) is 1. The molecule has 1 aliphatic heterocycles. The maximum absolute atomic E-state index is 12.5. The van der Waals surface area contributed by atoms with Crippen LogP contribution < -0.4 is 10.6 Å². The average molecular weight is 398 g/mol. The fourth-order valence-corrected chi connectivity index (χ4v) is 4.01. The Bertz CT molecular complexity index is 785. The van der Waals surface area contributed by atoms with E-state index in [1.165, 1.54) is 4.90 Å². The summed E-state index contributed by atoms with van der Waals surface area (Å²) in [5.74, 6) is -0.0479. The lowest BCUT2D eigenvalue weighted by molar-refractivity contribution is 0.0919. The lowest BCUT2D eigenvalue weighted by Crippen LogP contribution is -2.47. The Morgan fingerprint density at radius 3 is 2.25 bits per heavy atom. The van der Waals surface area contributed by atoms with Crippen molar-refractivity contribution in [1.29, 1.82) is 0 Å². The fraction of sp³-hybridized carbons (Fsp3) is 0.364. The smallest absolute Gasteiger partial charge is 0.321 e. The van der Waals surface area contributed by atoms with Gasteiger partial charge in [0.05, 0.1) is 0 Å². The van der Waals surface area contributed by atoms with E-state index in [9.17, 15) is 9.59 Å². The second kappa shape index (κ2) is 9.64. The van der Waals surface area contributed by atoms with Gasteiger partial charge < -0.3 is 15.5 Å². The molecule has 1 aliphatic rings. The van der Waals surface area contributed by atoms with E-state index in [4.69, 9.17) is 0 Å². The number of carbonyl (C=O) groups excluding carboxylic acids is 2. The zero-order valence-corrected chi connectivity index (χ0v) is 17.2. The van der Waals surface area contributed by atoms with E-state index in [1.807, 2.05) is 54.6 Å². The minimum Gasteiger partial charge on any atom is -0.349 e. The Morgan fingerprint density at radius 2 is 1.64 bits per heavy atom. The molecular weight excluding hydrogens is 370 g/mol. The quantitative estimate of drug-likeness (QED) is 0.724. The second-order valence-corrected chi connectivity index (χ2v) is 8.87. The molecule has 0 unspecified atom stereocenters. The third-order valence-corrected chi connectivity index (χ3v) is 5.65. The van der Waals surface area contributed by atoms with Crippen molar-refractivity contribution in [2.45, 2.75) is 42.9 Å². The van der Waals surface area contributed by atoms with Crippen LogP contribution in [0.15, 0.2) is 59.5 Å². The number of nitrogens with one attached hydrogen (secondary N) is 2. The molecule has 28 heavy (non-hydrogen) atoms. The number of hydrogen-bond donors (Lipinski definition) is 2. The molecule has 5 nitrogen and oxygen atoms in total. The summed E-state index contributed by atoms with van der Waals surface area (Å²) in [6.07, 6.45) is 1.52. The molecule has 6 heteroatoms. The molecule has 0 bridgehead atoms. The second-order valence-electron chi connectivity index (χ2n) is 7.22. The normalized spacial score (nSPS) is 14.8. The van der Waals surface area contributed by atoms with Gasteiger partial charge in [0.2, 0.25) is 0 Å². The van der Waals surface area contributed by atoms with Gasteiger partial charge in [-0.2, -0.15) is 0 Å². The van der Waals surface area contributed by atoms with Crippen molar-refractivity contribution in [3.63, 3.8) is 0 Å². The first-order valence-corrected chi connectivity index (χ1v) is 10.6. The molecule has 0 aliphatic carbocycles. The number of para-hydroxylation sites is 1. The van der Waals surface area contributed by atoms with Gasteiger partial charge in [-0.15, -0.1) is 11.8 Å². The van der Waals surface area contributed by atoms with Crippen LogP contribution >= 0.6 is 11.8 Å². The summed E-state index contributed by atoms with van der Waals surface area (Å²) in [6, 6.07) is 17.2. The van der Waals surface area contributed by atoms with Crippen molar-refractivity contribution in [3.8, 4) is 0 Å². The minimum absolute atomic E-state index is 0.0479. The molecule has 0 spiro atoms. The number of benzene rings is 2. The van der Waals surface area contributed by atoms with Crippen LogP contribution in [0.4, 0.5) is 10.5 Å². The Morgan fingerprint density at radius 1 is 1.00 bits per heavy atom. The lowest BCUT2D eigenvalue weighted by atomic mass is 10.0. The van der Waals surface area contributed by atoms with Gasteiger partial charge in [-0.1, -0.05) is 32.0 Å². The zero-order chi connectivity index (χ0) is 19.9. The highest BCUT2D eigenvalue weighted by atomic mass is 32.2. The zero-order valence-electron chi connectivity index (χ0n) is 16.4. The van der Waals surface area contributed by atoms with Crippen LogP contribution in [0, 0.1) is 0 Å². The maximum atomic E-state index is 12.5. The molecule has 0 saturated carbocycles. The molecule has 3 rings (SSSR count). The largest absolute Gasteiger partial charge is 0.349 e. The number of hydrogen-bond acceptors (Lipinski definition) is 3. The van der Waals surface area contributed by atoms with E-state index in [2.05, 4.69) is 24.5 Å². The number of piperidine rings is 1. The van der Waals surface area contributed by atoms with E-state index in [0.29, 0.717) is 23.9 Å². The third kappa shape index (κ3) is 5.76. The van der Waals surface area contributed by atoms with Gasteiger partial charge in [0.1, 0.15) is 0 Å². The van der Waals surface area contributed by atoms with Crippen molar-refractivity contribution >= 4 is 29.4 Å². The van der Waals surface area contributed by atoms with Gasteiger partial charge in [0.15, 0.2) is 0 Å². The summed E-state index contributed by atoms with van der Waals surface area (Å²) >= 11 is 1.78. The molecule has 1 fully saturated rings. The van der Waals surface area contributed by atoms with E-state index in [1.54, 1.807) is 16.7 Å². The van der Waals surface area contributed by atoms with Crippen molar-refractivity contribution < 1.29 is 9.59 Å². The third-order valence-electron chi connectivity index (χ3n) is 4.63. The number of likely N-dealkylation sites (tertiary alicyclic amines) is 1. The van der Waals surface area contributed by atoms with E-state index >= 15 is 0 Å². The van der Waals surface area contributed by atoms with Gasteiger partial charge in [0.25, 0.3) is 5.91 Å². The highest BCUT2D eigenvalue weighted by molar-refractivity contribution is 7.99. The molecule has 0 aromatic heterocycles.